The second-order valence-electron chi connectivity index (χ2n) is 4.57. The average molecular weight is 344 g/mol. The van der Waals surface area contributed by atoms with E-state index in [1.165, 1.54) is 11.3 Å². The molecule has 21 heavy (non-hydrogen) atoms. The summed E-state index contributed by atoms with van der Waals surface area (Å²) in [7, 11) is 0. The van der Waals surface area contributed by atoms with Gasteiger partial charge in [0.05, 0.1) is 0 Å². The molecular weight excluding hydrogens is 329 g/mol. The highest BCUT2D eigenvalue weighted by Gasteiger charge is 2.10. The molecular formula is C14H15Cl2N3OS. The molecule has 0 aliphatic heterocycles. The largest absolute Gasteiger partial charge is 0.301 e. The van der Waals surface area contributed by atoms with Crippen LogP contribution in [0, 0.1) is 0 Å². The van der Waals surface area contributed by atoms with E-state index in [1.807, 2.05) is 13.0 Å². The lowest BCUT2D eigenvalue weighted by molar-refractivity contribution is -0.116. The Morgan fingerprint density at radius 1 is 1.33 bits per heavy atom. The van der Waals surface area contributed by atoms with Gasteiger partial charge < -0.3 is 5.32 Å². The number of unbranched alkanes of at least 4 members (excludes halogenated alkanes) is 1. The van der Waals surface area contributed by atoms with Gasteiger partial charge in [-0.3, -0.25) is 4.79 Å². The first-order valence-electron chi connectivity index (χ1n) is 6.64. The number of anilines is 1. The van der Waals surface area contributed by atoms with Gasteiger partial charge in [-0.2, -0.15) is 0 Å². The number of nitrogens with zero attached hydrogens (tertiary/aromatic N) is 2. The Morgan fingerprint density at radius 3 is 2.86 bits per heavy atom. The Morgan fingerprint density at radius 2 is 2.14 bits per heavy atom. The molecule has 1 N–H and O–H groups in total. The van der Waals surface area contributed by atoms with Gasteiger partial charge in [0, 0.05) is 22.9 Å². The summed E-state index contributed by atoms with van der Waals surface area (Å²) in [4.78, 5) is 11.6. The number of aromatic nitrogens is 2. The molecule has 2 rings (SSSR count). The minimum absolute atomic E-state index is 0.0240. The van der Waals surface area contributed by atoms with Crippen LogP contribution in [-0.4, -0.2) is 16.1 Å². The molecule has 4 nitrogen and oxygen atoms in total. The van der Waals surface area contributed by atoms with Gasteiger partial charge >= 0.3 is 0 Å². The summed E-state index contributed by atoms with van der Waals surface area (Å²) < 4.78 is 0. The highest BCUT2D eigenvalue weighted by Crippen LogP contribution is 2.25. The number of carbonyl (C=O) groups is 1. The van der Waals surface area contributed by atoms with Crippen LogP contribution in [0.25, 0.3) is 0 Å². The smallest absolute Gasteiger partial charge is 0.226 e. The molecule has 1 amide bonds. The Balaban J connectivity index is 1.98. The first-order chi connectivity index (χ1) is 10.1. The standard InChI is InChI=1S/C14H15Cl2N3OS/c1-2-3-4-12(20)17-14-19-18-13(21-14)7-9-5-6-10(15)8-11(9)16/h5-6,8H,2-4,7H2,1H3,(H,17,19,20). The van der Waals surface area contributed by atoms with E-state index in [0.29, 0.717) is 28.0 Å². The molecule has 112 valence electrons. The Labute approximate surface area is 137 Å². The fourth-order valence-electron chi connectivity index (χ4n) is 1.72. The van der Waals surface area contributed by atoms with Gasteiger partial charge in [-0.05, 0) is 24.1 Å². The zero-order valence-corrected chi connectivity index (χ0v) is 13.9. The minimum Gasteiger partial charge on any atom is -0.301 e. The number of hydrogen-bond donors (Lipinski definition) is 1. The zero-order valence-electron chi connectivity index (χ0n) is 11.5. The molecule has 0 saturated heterocycles. The monoisotopic (exact) mass is 343 g/mol. The number of halogens is 2. The van der Waals surface area contributed by atoms with Gasteiger partial charge in [0.15, 0.2) is 0 Å². The Bertz CT molecular complexity index is 630. The van der Waals surface area contributed by atoms with Crippen LogP contribution < -0.4 is 5.32 Å². The van der Waals surface area contributed by atoms with Crippen molar-refractivity contribution in [3.63, 3.8) is 0 Å². The van der Waals surface area contributed by atoms with Gasteiger partial charge in [0.25, 0.3) is 0 Å². The molecule has 0 fully saturated rings. The van der Waals surface area contributed by atoms with E-state index >= 15 is 0 Å². The lowest BCUT2D eigenvalue weighted by Crippen LogP contribution is -2.10. The maximum atomic E-state index is 11.6. The second-order valence-corrected chi connectivity index (χ2v) is 6.47. The van der Waals surface area contributed by atoms with Crippen molar-refractivity contribution in [2.45, 2.75) is 32.6 Å². The van der Waals surface area contributed by atoms with Crippen molar-refractivity contribution in [2.75, 3.05) is 5.32 Å². The Hall–Kier alpha value is -1.17. The molecule has 2 aromatic rings. The van der Waals surface area contributed by atoms with Crippen molar-refractivity contribution in [1.29, 1.82) is 0 Å². The molecule has 0 radical (unpaired) electrons. The number of amides is 1. The number of nitrogens with one attached hydrogen (secondary N) is 1. The molecule has 0 atom stereocenters. The molecule has 1 aromatic heterocycles. The van der Waals surface area contributed by atoms with E-state index < -0.39 is 0 Å². The van der Waals surface area contributed by atoms with E-state index in [0.717, 1.165) is 23.4 Å². The molecule has 0 saturated carbocycles. The van der Waals surface area contributed by atoms with Gasteiger partial charge in [0.2, 0.25) is 11.0 Å². The predicted molar refractivity (Wildman–Crippen MR) is 87.3 cm³/mol. The van der Waals surface area contributed by atoms with Gasteiger partial charge in [0.1, 0.15) is 5.01 Å². The van der Waals surface area contributed by atoms with Crippen molar-refractivity contribution in [2.24, 2.45) is 0 Å². The molecule has 7 heteroatoms. The normalized spacial score (nSPS) is 10.6. The molecule has 0 aliphatic rings. The lowest BCUT2D eigenvalue weighted by atomic mass is 10.2. The summed E-state index contributed by atoms with van der Waals surface area (Å²) in [5.41, 5.74) is 0.932. The Kier molecular flexibility index (Phi) is 5.96. The topological polar surface area (TPSA) is 54.9 Å². The quantitative estimate of drug-likeness (QED) is 0.835. The highest BCUT2D eigenvalue weighted by atomic mass is 35.5. The average Bonchev–Trinajstić information content (AvgIpc) is 2.87. The van der Waals surface area contributed by atoms with Crippen LogP contribution in [0.2, 0.25) is 10.0 Å². The third kappa shape index (κ3) is 4.95. The van der Waals surface area contributed by atoms with Crippen LogP contribution >= 0.6 is 34.5 Å². The summed E-state index contributed by atoms with van der Waals surface area (Å²) in [5.74, 6) is -0.0240. The first kappa shape index (κ1) is 16.2. The number of hydrogen-bond acceptors (Lipinski definition) is 4. The number of rotatable bonds is 6. The van der Waals surface area contributed by atoms with Crippen molar-refractivity contribution >= 4 is 45.6 Å². The van der Waals surface area contributed by atoms with E-state index in [-0.39, 0.29) is 5.91 Å². The van der Waals surface area contributed by atoms with Crippen molar-refractivity contribution in [1.82, 2.24) is 10.2 Å². The summed E-state index contributed by atoms with van der Waals surface area (Å²) in [6.45, 7) is 2.05. The second kappa shape index (κ2) is 7.73. The van der Waals surface area contributed by atoms with E-state index in [9.17, 15) is 4.79 Å². The fourth-order valence-corrected chi connectivity index (χ4v) is 2.98. The summed E-state index contributed by atoms with van der Waals surface area (Å²) in [6, 6.07) is 5.36. The zero-order chi connectivity index (χ0) is 15.2. The van der Waals surface area contributed by atoms with Crippen molar-refractivity contribution in [3.05, 3.63) is 38.8 Å². The molecule has 1 heterocycles. The van der Waals surface area contributed by atoms with Gasteiger partial charge in [-0.15, -0.1) is 10.2 Å². The van der Waals surface area contributed by atoms with Crippen LogP contribution in [0.1, 0.15) is 36.8 Å². The maximum Gasteiger partial charge on any atom is 0.226 e. The third-order valence-electron chi connectivity index (χ3n) is 2.83. The maximum absolute atomic E-state index is 11.6. The number of carbonyl (C=O) groups excluding carboxylic acids is 1. The molecule has 1 aromatic carbocycles. The van der Waals surface area contributed by atoms with Crippen molar-refractivity contribution < 1.29 is 4.79 Å². The van der Waals surface area contributed by atoms with Gasteiger partial charge in [-0.1, -0.05) is 53.9 Å². The summed E-state index contributed by atoms with van der Waals surface area (Å²) in [6.07, 6.45) is 2.94. The van der Waals surface area contributed by atoms with Crippen LogP contribution in [0.5, 0.6) is 0 Å². The molecule has 0 spiro atoms. The van der Waals surface area contributed by atoms with E-state index in [2.05, 4.69) is 15.5 Å². The molecule has 0 unspecified atom stereocenters. The third-order valence-corrected chi connectivity index (χ3v) is 4.25. The number of benzene rings is 1. The molecule has 0 bridgehead atoms. The van der Waals surface area contributed by atoms with E-state index in [4.69, 9.17) is 23.2 Å². The summed E-state index contributed by atoms with van der Waals surface area (Å²) in [5, 5.41) is 13.3. The van der Waals surface area contributed by atoms with Crippen LogP contribution in [0.4, 0.5) is 5.13 Å². The SMILES string of the molecule is CCCCC(=O)Nc1nnc(Cc2ccc(Cl)cc2Cl)s1. The lowest BCUT2D eigenvalue weighted by Gasteiger charge is -2.01. The van der Waals surface area contributed by atoms with Crippen LogP contribution in [-0.2, 0) is 11.2 Å². The van der Waals surface area contributed by atoms with Crippen LogP contribution in [0.15, 0.2) is 18.2 Å². The fraction of sp³-hybridized carbons (Fsp3) is 0.357. The predicted octanol–water partition coefficient (Wildman–Crippen LogP) is 4.56. The van der Waals surface area contributed by atoms with E-state index in [1.54, 1.807) is 12.1 Å². The highest BCUT2D eigenvalue weighted by molar-refractivity contribution is 7.15. The van der Waals surface area contributed by atoms with Gasteiger partial charge in [-0.25, -0.2) is 0 Å². The molecule has 0 aliphatic carbocycles. The summed E-state index contributed by atoms with van der Waals surface area (Å²) >= 11 is 13.4. The van der Waals surface area contributed by atoms with Crippen LogP contribution in [0.3, 0.4) is 0 Å². The van der Waals surface area contributed by atoms with Crippen molar-refractivity contribution in [3.8, 4) is 0 Å². The minimum atomic E-state index is -0.0240. The first-order valence-corrected chi connectivity index (χ1v) is 8.22.